The zero-order chi connectivity index (χ0) is 6.15. The van der Waals surface area contributed by atoms with E-state index in [4.69, 9.17) is 4.54 Å². The van der Waals surface area contributed by atoms with Gasteiger partial charge in [0.1, 0.15) is 5.18 Å². The van der Waals surface area contributed by atoms with Crippen molar-refractivity contribution in [3.8, 4) is 0 Å². The number of allylic oxidation sites excluding steroid dienone is 1. The maximum Gasteiger partial charge on any atom is 0.373 e. The summed E-state index contributed by atoms with van der Waals surface area (Å²) in [6.07, 6.45) is 0. The molecule has 1 aliphatic heterocycles. The van der Waals surface area contributed by atoms with Crippen molar-refractivity contribution in [2.45, 2.75) is 26.8 Å². The van der Waals surface area contributed by atoms with Gasteiger partial charge in [-0.15, -0.1) is 0 Å². The molecule has 0 aromatic heterocycles. The fraction of sp³-hybridized carbons (Fsp3) is 0.667. The minimum atomic E-state index is 0.273. The van der Waals surface area contributed by atoms with Crippen molar-refractivity contribution in [1.82, 2.24) is 0 Å². The molecule has 0 spiro atoms. The average Bonchev–Trinajstić information content (AvgIpc) is 1.98. The van der Waals surface area contributed by atoms with Gasteiger partial charge in [0, 0.05) is 0 Å². The zero-order valence-electron chi connectivity index (χ0n) is 5.43. The first-order valence-corrected chi connectivity index (χ1v) is 2.76. The molecule has 44 valence electrons. The number of hydrogen-bond donors (Lipinski definition) is 0. The summed E-state index contributed by atoms with van der Waals surface area (Å²) in [4.78, 5) is 0. The molecule has 0 bridgehead atoms. The van der Waals surface area contributed by atoms with Crippen LogP contribution in [0.2, 0.25) is 0 Å². The molecule has 0 saturated heterocycles. The largest absolute Gasteiger partial charge is 0.373 e. The predicted molar refractivity (Wildman–Crippen MR) is 33.6 cm³/mol. The van der Waals surface area contributed by atoms with Gasteiger partial charge in [-0.1, -0.05) is 4.54 Å². The van der Waals surface area contributed by atoms with E-state index in [0.29, 0.717) is 0 Å². The highest BCUT2D eigenvalue weighted by molar-refractivity contribution is 5.25. The van der Waals surface area contributed by atoms with Gasteiger partial charge in [0.15, 0.2) is 6.04 Å². The number of rotatable bonds is 0. The second-order valence-electron chi connectivity index (χ2n) is 2.11. The maximum atomic E-state index is 4.88. The molecule has 0 aromatic carbocycles. The molecule has 2 heteroatoms. The smallest absolute Gasteiger partial charge is 0.0776 e. The molecule has 1 heterocycles. The van der Waals surface area contributed by atoms with Crippen LogP contribution >= 0.6 is 0 Å². The summed E-state index contributed by atoms with van der Waals surface area (Å²) in [5, 5.41) is 3.82. The van der Waals surface area contributed by atoms with Gasteiger partial charge in [-0.2, -0.15) is 0 Å². The van der Waals surface area contributed by atoms with Gasteiger partial charge >= 0.3 is 5.76 Å². The van der Waals surface area contributed by atoms with Crippen molar-refractivity contribution in [1.29, 1.82) is 0 Å². The standard InChI is InChI=1S/C6H10NO/c1-4-5(2)7-8-6(4)3/h5H,1-3H3/q+1. The minimum absolute atomic E-state index is 0.273. The summed E-state index contributed by atoms with van der Waals surface area (Å²) in [6.45, 7) is 5.99. The van der Waals surface area contributed by atoms with Crippen LogP contribution in [0.15, 0.2) is 16.5 Å². The topological polar surface area (TPSA) is 23.7 Å². The van der Waals surface area contributed by atoms with Crippen LogP contribution in [0.3, 0.4) is 0 Å². The Morgan fingerprint density at radius 3 is 2.25 bits per heavy atom. The van der Waals surface area contributed by atoms with Crippen LogP contribution in [0, 0.1) is 4.54 Å². The molecule has 0 saturated carbocycles. The number of nitrogens with zero attached hydrogens (tertiary/aromatic N) is 1. The van der Waals surface area contributed by atoms with E-state index >= 15 is 0 Å². The molecular formula is C6H10NO+. The molecule has 1 unspecified atom stereocenters. The second kappa shape index (κ2) is 1.69. The third kappa shape index (κ3) is 0.661. The predicted octanol–water partition coefficient (Wildman–Crippen LogP) is 1.98. The summed E-state index contributed by atoms with van der Waals surface area (Å²) in [7, 11) is 0. The Bertz CT molecular complexity index is 158. The Labute approximate surface area is 48.9 Å². The van der Waals surface area contributed by atoms with Crippen LogP contribution in [0.4, 0.5) is 0 Å². The monoisotopic (exact) mass is 112 g/mol. The Balaban J connectivity index is 2.85. The fourth-order valence-electron chi connectivity index (χ4n) is 0.603. The third-order valence-corrected chi connectivity index (χ3v) is 1.53. The Kier molecular flexibility index (Phi) is 1.16. The minimum Gasteiger partial charge on any atom is -0.0776 e. The lowest BCUT2D eigenvalue weighted by Gasteiger charge is -1.84. The van der Waals surface area contributed by atoms with E-state index in [-0.39, 0.29) is 6.04 Å². The lowest BCUT2D eigenvalue weighted by molar-refractivity contribution is 0.873. The molecule has 0 N–H and O–H groups in total. The normalized spacial score (nSPS) is 27.6. The van der Waals surface area contributed by atoms with Crippen LogP contribution in [0.5, 0.6) is 0 Å². The quantitative estimate of drug-likeness (QED) is 0.428. The molecule has 8 heavy (non-hydrogen) atoms. The van der Waals surface area contributed by atoms with Crippen molar-refractivity contribution in [2.75, 3.05) is 0 Å². The van der Waals surface area contributed by atoms with E-state index < -0.39 is 0 Å². The SMILES string of the molecule is CC1=C(C)C(C)N=[O+]1. The van der Waals surface area contributed by atoms with Crippen LogP contribution in [0.1, 0.15) is 20.8 Å². The van der Waals surface area contributed by atoms with Gasteiger partial charge in [-0.3, -0.25) is 0 Å². The average molecular weight is 112 g/mol. The van der Waals surface area contributed by atoms with Crippen molar-refractivity contribution in [2.24, 2.45) is 5.18 Å². The maximum absolute atomic E-state index is 4.88. The van der Waals surface area contributed by atoms with Gasteiger partial charge in [-0.05, 0) is 13.8 Å². The number of hydrogen-bond acceptors (Lipinski definition) is 1. The molecular weight excluding hydrogens is 102 g/mol. The van der Waals surface area contributed by atoms with Crippen molar-refractivity contribution < 1.29 is 0 Å². The molecule has 0 fully saturated rings. The Hall–Kier alpha value is -0.660. The summed E-state index contributed by atoms with van der Waals surface area (Å²) in [6, 6.07) is 0.273. The highest BCUT2D eigenvalue weighted by Gasteiger charge is 2.24. The van der Waals surface area contributed by atoms with Crippen molar-refractivity contribution in [3.05, 3.63) is 15.9 Å². The van der Waals surface area contributed by atoms with Crippen LogP contribution < -0.4 is 0 Å². The van der Waals surface area contributed by atoms with E-state index in [1.54, 1.807) is 0 Å². The lowest BCUT2D eigenvalue weighted by atomic mass is 10.1. The Morgan fingerprint density at radius 1 is 1.50 bits per heavy atom. The van der Waals surface area contributed by atoms with E-state index in [0.717, 1.165) is 5.76 Å². The fourth-order valence-corrected chi connectivity index (χ4v) is 0.603. The molecule has 0 aliphatic carbocycles. The van der Waals surface area contributed by atoms with E-state index in [9.17, 15) is 0 Å². The van der Waals surface area contributed by atoms with Crippen molar-refractivity contribution >= 4 is 0 Å². The molecule has 0 aromatic rings. The molecule has 2 nitrogen and oxygen atoms in total. The zero-order valence-corrected chi connectivity index (χ0v) is 5.43. The first-order valence-electron chi connectivity index (χ1n) is 2.76. The van der Waals surface area contributed by atoms with Crippen molar-refractivity contribution in [3.63, 3.8) is 0 Å². The van der Waals surface area contributed by atoms with Crippen LogP contribution in [-0.2, 0) is 0 Å². The lowest BCUT2D eigenvalue weighted by Crippen LogP contribution is -1.93. The first-order chi connectivity index (χ1) is 3.72. The summed E-state index contributed by atoms with van der Waals surface area (Å²) < 4.78 is 4.88. The summed E-state index contributed by atoms with van der Waals surface area (Å²) in [5.74, 6) is 0.956. The van der Waals surface area contributed by atoms with Gasteiger partial charge in [-0.25, -0.2) is 0 Å². The van der Waals surface area contributed by atoms with Gasteiger partial charge < -0.3 is 0 Å². The van der Waals surface area contributed by atoms with E-state index in [1.165, 1.54) is 5.57 Å². The van der Waals surface area contributed by atoms with E-state index in [1.807, 2.05) is 20.8 Å². The van der Waals surface area contributed by atoms with Crippen LogP contribution in [0.25, 0.3) is 0 Å². The third-order valence-electron chi connectivity index (χ3n) is 1.53. The highest BCUT2D eigenvalue weighted by Crippen LogP contribution is 2.17. The summed E-state index contributed by atoms with van der Waals surface area (Å²) in [5.41, 5.74) is 1.24. The van der Waals surface area contributed by atoms with E-state index in [2.05, 4.69) is 5.18 Å². The van der Waals surface area contributed by atoms with Gasteiger partial charge in [0.25, 0.3) is 0 Å². The molecule has 0 radical (unpaired) electrons. The molecule has 0 amide bonds. The molecule has 1 aliphatic rings. The number of nitroso groups, excluding NO2 is 1. The summed E-state index contributed by atoms with van der Waals surface area (Å²) >= 11 is 0. The second-order valence-corrected chi connectivity index (χ2v) is 2.11. The molecule has 1 atom stereocenters. The highest BCUT2D eigenvalue weighted by atomic mass is 16.5. The molecule has 1 rings (SSSR count). The van der Waals surface area contributed by atoms with Gasteiger partial charge in [0.05, 0.1) is 12.5 Å². The van der Waals surface area contributed by atoms with Crippen LogP contribution in [-0.4, -0.2) is 6.04 Å². The first kappa shape index (κ1) is 5.48. The van der Waals surface area contributed by atoms with Gasteiger partial charge in [0.2, 0.25) is 0 Å². The Morgan fingerprint density at radius 2 is 2.12 bits per heavy atom.